The molecule has 2 aliphatic rings. The lowest BCUT2D eigenvalue weighted by Crippen LogP contribution is -2.50. The summed E-state index contributed by atoms with van der Waals surface area (Å²) in [6.07, 6.45) is 2.53. The standard InChI is InChI=1S/C28H37F2N3O/c1-28(2,3)20-27(34)33-17-14-31(15-18-33)13-16-32-12-4-5-24(21-6-8-22(29)9-7-21)25-11-10-23(30)19-26(25)32/h6-11,19,24H,4-5,12-18,20H2,1-3H3. The first-order chi connectivity index (χ1) is 16.2. The minimum Gasteiger partial charge on any atom is -0.370 e. The molecule has 2 aliphatic heterocycles. The number of benzene rings is 2. The van der Waals surface area contributed by atoms with E-state index in [0.717, 1.165) is 75.5 Å². The number of nitrogens with zero attached hydrogens (tertiary/aromatic N) is 3. The molecular formula is C28H37F2N3O. The molecule has 34 heavy (non-hydrogen) atoms. The number of fused-ring (bicyclic) bond motifs is 1. The van der Waals surface area contributed by atoms with Gasteiger partial charge < -0.3 is 9.80 Å². The van der Waals surface area contributed by atoms with Gasteiger partial charge >= 0.3 is 0 Å². The van der Waals surface area contributed by atoms with E-state index in [1.54, 1.807) is 6.07 Å². The first-order valence-electron chi connectivity index (χ1n) is 12.5. The number of halogens is 2. The van der Waals surface area contributed by atoms with Crippen molar-refractivity contribution >= 4 is 11.6 Å². The summed E-state index contributed by atoms with van der Waals surface area (Å²) in [6, 6.07) is 11.8. The van der Waals surface area contributed by atoms with E-state index < -0.39 is 0 Å². The average Bonchev–Trinajstić information content (AvgIpc) is 2.96. The minimum absolute atomic E-state index is 0.00935. The first kappa shape index (κ1) is 24.6. The number of amides is 1. The summed E-state index contributed by atoms with van der Waals surface area (Å²) in [6.45, 7) is 12.2. The Hall–Kier alpha value is -2.47. The summed E-state index contributed by atoms with van der Waals surface area (Å²) >= 11 is 0. The largest absolute Gasteiger partial charge is 0.370 e. The second-order valence-electron chi connectivity index (χ2n) is 10.9. The molecule has 1 atom stereocenters. The van der Waals surface area contributed by atoms with Crippen molar-refractivity contribution in [2.24, 2.45) is 5.41 Å². The van der Waals surface area contributed by atoms with Crippen LogP contribution in [-0.4, -0.2) is 61.5 Å². The van der Waals surface area contributed by atoms with Crippen LogP contribution in [0.15, 0.2) is 42.5 Å². The zero-order valence-corrected chi connectivity index (χ0v) is 20.7. The fourth-order valence-corrected chi connectivity index (χ4v) is 5.17. The zero-order chi connectivity index (χ0) is 24.3. The summed E-state index contributed by atoms with van der Waals surface area (Å²) in [7, 11) is 0. The van der Waals surface area contributed by atoms with Crippen LogP contribution in [0.25, 0.3) is 0 Å². The Bertz CT molecular complexity index is 978. The Labute approximate surface area is 202 Å². The molecule has 0 N–H and O–H groups in total. The van der Waals surface area contributed by atoms with Gasteiger partial charge in [-0.05, 0) is 53.6 Å². The van der Waals surface area contributed by atoms with Crippen LogP contribution in [0.2, 0.25) is 0 Å². The van der Waals surface area contributed by atoms with Crippen LogP contribution >= 0.6 is 0 Å². The van der Waals surface area contributed by atoms with Gasteiger partial charge in [0.1, 0.15) is 11.6 Å². The molecule has 2 aromatic rings. The van der Waals surface area contributed by atoms with Gasteiger partial charge in [-0.15, -0.1) is 0 Å². The van der Waals surface area contributed by atoms with E-state index in [-0.39, 0.29) is 28.9 Å². The second-order valence-corrected chi connectivity index (χ2v) is 10.9. The Balaban J connectivity index is 1.40. The number of anilines is 1. The molecule has 0 aromatic heterocycles. The molecule has 6 heteroatoms. The lowest BCUT2D eigenvalue weighted by atomic mass is 9.87. The zero-order valence-electron chi connectivity index (χ0n) is 20.7. The van der Waals surface area contributed by atoms with E-state index in [2.05, 4.69) is 30.6 Å². The Kier molecular flexibility index (Phi) is 7.56. The number of piperazine rings is 1. The molecule has 0 radical (unpaired) electrons. The third-order valence-electron chi connectivity index (χ3n) is 6.99. The highest BCUT2D eigenvalue weighted by Gasteiger charge is 2.27. The molecule has 2 aromatic carbocycles. The predicted octanol–water partition coefficient (Wildman–Crippen LogP) is 5.28. The van der Waals surface area contributed by atoms with Crippen molar-refractivity contribution in [3.05, 3.63) is 65.2 Å². The third kappa shape index (κ3) is 6.15. The molecule has 4 nitrogen and oxygen atoms in total. The van der Waals surface area contributed by atoms with Crippen molar-refractivity contribution in [3.63, 3.8) is 0 Å². The first-order valence-corrected chi connectivity index (χ1v) is 12.5. The maximum absolute atomic E-state index is 14.3. The number of hydrogen-bond acceptors (Lipinski definition) is 3. The maximum atomic E-state index is 14.3. The van der Waals surface area contributed by atoms with E-state index >= 15 is 0 Å². The minimum atomic E-state index is -0.237. The lowest BCUT2D eigenvalue weighted by molar-refractivity contribution is -0.134. The topological polar surface area (TPSA) is 26.8 Å². The summed E-state index contributed by atoms with van der Waals surface area (Å²) < 4.78 is 27.8. The van der Waals surface area contributed by atoms with Gasteiger partial charge in [-0.25, -0.2) is 8.78 Å². The molecule has 1 fully saturated rings. The van der Waals surface area contributed by atoms with Gasteiger partial charge in [-0.3, -0.25) is 9.69 Å². The molecule has 0 spiro atoms. The third-order valence-corrected chi connectivity index (χ3v) is 6.99. The van der Waals surface area contributed by atoms with Crippen molar-refractivity contribution in [3.8, 4) is 0 Å². The van der Waals surface area contributed by atoms with Crippen molar-refractivity contribution in [1.82, 2.24) is 9.80 Å². The highest BCUT2D eigenvalue weighted by atomic mass is 19.1. The summed E-state index contributed by atoms with van der Waals surface area (Å²) in [4.78, 5) is 19.2. The maximum Gasteiger partial charge on any atom is 0.223 e. The smallest absolute Gasteiger partial charge is 0.223 e. The van der Waals surface area contributed by atoms with Crippen LogP contribution in [0, 0.1) is 17.0 Å². The van der Waals surface area contributed by atoms with Crippen molar-refractivity contribution in [2.45, 2.75) is 46.0 Å². The number of carbonyl (C=O) groups excluding carboxylic acids is 1. The number of carbonyl (C=O) groups is 1. The van der Waals surface area contributed by atoms with E-state index in [9.17, 15) is 13.6 Å². The van der Waals surface area contributed by atoms with Crippen LogP contribution in [-0.2, 0) is 4.79 Å². The SMILES string of the molecule is CC(C)(C)CC(=O)N1CCN(CCN2CCCC(c3ccc(F)cc3)c3ccc(F)cc32)CC1. The van der Waals surface area contributed by atoms with Gasteiger partial charge in [0.2, 0.25) is 5.91 Å². The molecule has 0 aliphatic carbocycles. The molecule has 0 bridgehead atoms. The van der Waals surface area contributed by atoms with Crippen LogP contribution in [0.4, 0.5) is 14.5 Å². The van der Waals surface area contributed by atoms with Crippen LogP contribution in [0.1, 0.15) is 57.1 Å². The van der Waals surface area contributed by atoms with Gasteiger partial charge in [-0.1, -0.05) is 39.0 Å². The summed E-state index contributed by atoms with van der Waals surface area (Å²) in [5, 5.41) is 0. The second kappa shape index (κ2) is 10.4. The van der Waals surface area contributed by atoms with Crippen molar-refractivity contribution < 1.29 is 13.6 Å². The average molecular weight is 470 g/mol. The van der Waals surface area contributed by atoms with E-state index in [1.807, 2.05) is 23.1 Å². The van der Waals surface area contributed by atoms with E-state index in [0.29, 0.717) is 6.42 Å². The van der Waals surface area contributed by atoms with E-state index in [1.165, 1.54) is 18.2 Å². The molecular weight excluding hydrogens is 432 g/mol. The van der Waals surface area contributed by atoms with Crippen molar-refractivity contribution in [2.75, 3.05) is 50.7 Å². The van der Waals surface area contributed by atoms with Crippen LogP contribution in [0.5, 0.6) is 0 Å². The molecule has 0 saturated carbocycles. The Morgan fingerprint density at radius 1 is 0.912 bits per heavy atom. The quantitative estimate of drug-likeness (QED) is 0.596. The van der Waals surface area contributed by atoms with Gasteiger partial charge in [-0.2, -0.15) is 0 Å². The highest BCUT2D eigenvalue weighted by Crippen LogP contribution is 2.39. The summed E-state index contributed by atoms with van der Waals surface area (Å²) in [5.41, 5.74) is 3.15. The Morgan fingerprint density at radius 2 is 1.59 bits per heavy atom. The molecule has 184 valence electrons. The van der Waals surface area contributed by atoms with Gasteiger partial charge in [0.15, 0.2) is 0 Å². The van der Waals surface area contributed by atoms with E-state index in [4.69, 9.17) is 0 Å². The molecule has 4 rings (SSSR count). The summed E-state index contributed by atoms with van der Waals surface area (Å²) in [5.74, 6) is -0.0810. The van der Waals surface area contributed by atoms with Gasteiger partial charge in [0.05, 0.1) is 0 Å². The fraction of sp³-hybridized carbons (Fsp3) is 0.536. The fourth-order valence-electron chi connectivity index (χ4n) is 5.17. The molecule has 1 unspecified atom stereocenters. The van der Waals surface area contributed by atoms with Gasteiger partial charge in [0.25, 0.3) is 0 Å². The number of hydrogen-bond donors (Lipinski definition) is 0. The Morgan fingerprint density at radius 3 is 2.26 bits per heavy atom. The normalized spacial score (nSPS) is 19.6. The monoisotopic (exact) mass is 469 g/mol. The molecule has 1 amide bonds. The van der Waals surface area contributed by atoms with Crippen molar-refractivity contribution in [1.29, 1.82) is 0 Å². The molecule has 1 saturated heterocycles. The van der Waals surface area contributed by atoms with Crippen LogP contribution < -0.4 is 4.90 Å². The number of rotatable bonds is 5. The van der Waals surface area contributed by atoms with Crippen LogP contribution in [0.3, 0.4) is 0 Å². The lowest BCUT2D eigenvalue weighted by Gasteiger charge is -2.37. The molecule has 2 heterocycles. The predicted molar refractivity (Wildman–Crippen MR) is 133 cm³/mol. The van der Waals surface area contributed by atoms with Gasteiger partial charge in [0, 0.05) is 63.8 Å². The highest BCUT2D eigenvalue weighted by molar-refractivity contribution is 5.77.